The van der Waals surface area contributed by atoms with Crippen LogP contribution in [-0.4, -0.2) is 16.9 Å². The van der Waals surface area contributed by atoms with Crippen molar-refractivity contribution in [2.24, 2.45) is 0 Å². The Kier molecular flexibility index (Phi) is 13.9. The minimum Gasteiger partial charge on any atom is -0.478 e. The van der Waals surface area contributed by atoms with E-state index < -0.39 is 5.97 Å². The quantitative estimate of drug-likeness (QED) is 0.176. The van der Waals surface area contributed by atoms with Crippen LogP contribution in [0.3, 0.4) is 0 Å². The van der Waals surface area contributed by atoms with Gasteiger partial charge in [0.1, 0.15) is 0 Å². The average molecular weight is 387 g/mol. The van der Waals surface area contributed by atoms with Gasteiger partial charge in [-0.15, -0.1) is 0 Å². The van der Waals surface area contributed by atoms with Gasteiger partial charge >= 0.3 is 5.97 Å². The van der Waals surface area contributed by atoms with Crippen molar-refractivity contribution in [1.29, 1.82) is 0 Å². The highest BCUT2D eigenvalue weighted by atomic mass is 16.4. The lowest BCUT2D eigenvalue weighted by molar-refractivity contribution is -0.131. The molecule has 28 heavy (non-hydrogen) atoms. The van der Waals surface area contributed by atoms with Crippen molar-refractivity contribution in [1.82, 2.24) is 0 Å². The number of aliphatic carboxylic acids is 1. The van der Waals surface area contributed by atoms with Crippen LogP contribution in [0.2, 0.25) is 0 Å². The Morgan fingerprint density at radius 3 is 1.64 bits per heavy atom. The summed E-state index contributed by atoms with van der Waals surface area (Å²) in [6.45, 7) is 2.27. The van der Waals surface area contributed by atoms with Crippen LogP contribution in [0.4, 0.5) is 0 Å². The summed E-state index contributed by atoms with van der Waals surface area (Å²) in [5.74, 6) is -1.37. The molecule has 3 nitrogen and oxygen atoms in total. The van der Waals surface area contributed by atoms with E-state index in [1.54, 1.807) is 12.1 Å². The molecule has 0 aromatic heterocycles. The number of carboxylic acids is 1. The van der Waals surface area contributed by atoms with Crippen molar-refractivity contribution in [3.8, 4) is 0 Å². The number of carbonyl (C=O) groups is 2. The van der Waals surface area contributed by atoms with Gasteiger partial charge in [-0.3, -0.25) is 4.79 Å². The first-order valence-electron chi connectivity index (χ1n) is 11.2. The fourth-order valence-corrected chi connectivity index (χ4v) is 3.43. The minimum absolute atomic E-state index is 0.269. The molecule has 0 aliphatic rings. The molecule has 0 bridgehead atoms. The lowest BCUT2D eigenvalue weighted by Gasteiger charge is -2.04. The molecule has 0 unspecified atom stereocenters. The van der Waals surface area contributed by atoms with Gasteiger partial charge in [0.15, 0.2) is 5.78 Å². The maximum Gasteiger partial charge on any atom is 0.328 e. The van der Waals surface area contributed by atoms with Crippen LogP contribution in [0.25, 0.3) is 0 Å². The number of allylic oxidation sites excluding steroid dienone is 1. The van der Waals surface area contributed by atoms with Gasteiger partial charge in [-0.05, 0) is 24.5 Å². The summed E-state index contributed by atoms with van der Waals surface area (Å²) in [5.41, 5.74) is 1.77. The van der Waals surface area contributed by atoms with Crippen molar-refractivity contribution < 1.29 is 14.7 Å². The van der Waals surface area contributed by atoms with Crippen molar-refractivity contribution in [2.75, 3.05) is 0 Å². The smallest absolute Gasteiger partial charge is 0.328 e. The molecule has 156 valence electrons. The van der Waals surface area contributed by atoms with Crippen molar-refractivity contribution in [3.63, 3.8) is 0 Å². The summed E-state index contributed by atoms with van der Waals surface area (Å²) in [5, 5.41) is 8.56. The minimum atomic E-state index is -1.10. The fraction of sp³-hybridized carbons (Fsp3) is 0.600. The predicted octanol–water partition coefficient (Wildman–Crippen LogP) is 7.14. The Morgan fingerprint density at radius 2 is 1.18 bits per heavy atom. The molecule has 0 saturated carbocycles. The van der Waals surface area contributed by atoms with E-state index in [0.717, 1.165) is 18.6 Å². The number of hydrogen-bond acceptors (Lipinski definition) is 2. The summed E-state index contributed by atoms with van der Waals surface area (Å²) in [6, 6.07) is 7.52. The normalized spacial score (nSPS) is 11.2. The van der Waals surface area contributed by atoms with Crippen LogP contribution in [0.15, 0.2) is 36.4 Å². The van der Waals surface area contributed by atoms with E-state index >= 15 is 0 Å². The molecule has 0 fully saturated rings. The predicted molar refractivity (Wildman–Crippen MR) is 117 cm³/mol. The van der Waals surface area contributed by atoms with E-state index in [9.17, 15) is 9.59 Å². The fourth-order valence-electron chi connectivity index (χ4n) is 3.43. The van der Waals surface area contributed by atoms with Crippen molar-refractivity contribution in [2.45, 2.75) is 96.8 Å². The summed E-state index contributed by atoms with van der Waals surface area (Å²) < 4.78 is 0. The monoisotopic (exact) mass is 386 g/mol. The first-order chi connectivity index (χ1) is 13.6. The third kappa shape index (κ3) is 12.5. The molecule has 0 amide bonds. The van der Waals surface area contributed by atoms with E-state index in [1.807, 2.05) is 12.1 Å². The summed E-state index contributed by atoms with van der Waals surface area (Å²) >= 11 is 0. The third-order valence-corrected chi connectivity index (χ3v) is 5.18. The number of benzene rings is 1. The molecule has 0 aliphatic heterocycles. The zero-order chi connectivity index (χ0) is 20.5. The van der Waals surface area contributed by atoms with E-state index in [4.69, 9.17) is 5.11 Å². The number of unbranched alkanes of at least 4 members (excludes halogenated alkanes) is 12. The van der Waals surface area contributed by atoms with Crippen LogP contribution < -0.4 is 0 Å². The molecule has 0 radical (unpaired) electrons. The molecule has 0 spiro atoms. The number of ketones is 1. The van der Waals surface area contributed by atoms with E-state index in [2.05, 4.69) is 6.92 Å². The Labute approximate surface area is 171 Å². The van der Waals surface area contributed by atoms with Gasteiger partial charge in [-0.25, -0.2) is 4.79 Å². The zero-order valence-corrected chi connectivity index (χ0v) is 17.6. The average Bonchev–Trinajstić information content (AvgIpc) is 2.70. The molecule has 0 aliphatic carbocycles. The van der Waals surface area contributed by atoms with Crippen LogP contribution in [0.1, 0.15) is 106 Å². The van der Waals surface area contributed by atoms with E-state index in [-0.39, 0.29) is 5.78 Å². The number of carbonyl (C=O) groups excluding carboxylic acids is 1. The van der Waals surface area contributed by atoms with Crippen molar-refractivity contribution >= 4 is 11.8 Å². The molecular formula is C25H38O3. The third-order valence-electron chi connectivity index (χ3n) is 5.18. The number of aryl methyl sites for hydroxylation is 1. The Bertz CT molecular complexity index is 572. The Hall–Kier alpha value is -1.90. The van der Waals surface area contributed by atoms with Gasteiger partial charge in [0.2, 0.25) is 0 Å². The summed E-state index contributed by atoms with van der Waals surface area (Å²) in [7, 11) is 0. The second-order valence-corrected chi connectivity index (χ2v) is 7.73. The molecule has 1 aromatic rings. The SMILES string of the molecule is CCCCCCCCCCCCCCCc1ccc(C(=O)/C=C/C(=O)O)cc1. The molecule has 3 heteroatoms. The van der Waals surface area contributed by atoms with Crippen molar-refractivity contribution in [3.05, 3.63) is 47.5 Å². The topological polar surface area (TPSA) is 54.4 Å². The molecule has 1 rings (SSSR count). The first kappa shape index (κ1) is 24.1. The van der Waals surface area contributed by atoms with Gasteiger partial charge in [0.05, 0.1) is 0 Å². The van der Waals surface area contributed by atoms with Gasteiger partial charge in [0.25, 0.3) is 0 Å². The molecule has 0 atom stereocenters. The highest BCUT2D eigenvalue weighted by Crippen LogP contribution is 2.14. The van der Waals surface area contributed by atoms with Crippen LogP contribution in [0.5, 0.6) is 0 Å². The standard InChI is InChI=1S/C25H38O3/c1-2-3-4-5-6-7-8-9-10-11-12-13-14-15-22-16-18-23(19-17-22)24(26)20-21-25(27)28/h16-21H,2-15H2,1H3,(H,27,28)/b21-20+. The van der Waals surface area contributed by atoms with E-state index in [0.29, 0.717) is 5.56 Å². The Balaban J connectivity index is 2.02. The summed E-state index contributed by atoms with van der Waals surface area (Å²) in [4.78, 5) is 22.2. The zero-order valence-electron chi connectivity index (χ0n) is 17.6. The lowest BCUT2D eigenvalue weighted by Crippen LogP contribution is -1.97. The van der Waals surface area contributed by atoms with E-state index in [1.165, 1.54) is 89.0 Å². The maximum atomic E-state index is 11.8. The summed E-state index contributed by atoms with van der Waals surface area (Å²) in [6.07, 6.45) is 20.7. The number of hydrogen-bond donors (Lipinski definition) is 1. The number of carboxylic acid groups (broad SMARTS) is 1. The highest BCUT2D eigenvalue weighted by Gasteiger charge is 2.03. The Morgan fingerprint density at radius 1 is 0.714 bits per heavy atom. The first-order valence-corrected chi connectivity index (χ1v) is 11.2. The van der Waals surface area contributed by atoms with Gasteiger partial charge in [-0.2, -0.15) is 0 Å². The van der Waals surface area contributed by atoms with Crippen LogP contribution in [-0.2, 0) is 11.2 Å². The highest BCUT2D eigenvalue weighted by molar-refractivity contribution is 6.06. The van der Waals surface area contributed by atoms with Crippen LogP contribution >= 0.6 is 0 Å². The van der Waals surface area contributed by atoms with Gasteiger partial charge < -0.3 is 5.11 Å². The van der Waals surface area contributed by atoms with Crippen LogP contribution in [0, 0.1) is 0 Å². The lowest BCUT2D eigenvalue weighted by atomic mass is 10.0. The molecule has 0 heterocycles. The molecule has 1 N–H and O–H groups in total. The van der Waals surface area contributed by atoms with Gasteiger partial charge in [0, 0.05) is 11.6 Å². The number of rotatable bonds is 17. The maximum absolute atomic E-state index is 11.8. The molecule has 0 saturated heterocycles. The second kappa shape index (κ2) is 16.1. The van der Waals surface area contributed by atoms with Gasteiger partial charge in [-0.1, -0.05) is 108 Å². The second-order valence-electron chi connectivity index (χ2n) is 7.73. The largest absolute Gasteiger partial charge is 0.478 e. The molecule has 1 aromatic carbocycles. The molecular weight excluding hydrogens is 348 g/mol.